The van der Waals surface area contributed by atoms with Crippen LogP contribution in [-0.4, -0.2) is 45.2 Å². The summed E-state index contributed by atoms with van der Waals surface area (Å²) in [4.78, 5) is 68.7. The van der Waals surface area contributed by atoms with Crippen LogP contribution in [-0.2, 0) is 19.7 Å². The number of carbonyl (C=O) groups is 3. The highest BCUT2D eigenvalue weighted by molar-refractivity contribution is 6.19. The van der Waals surface area contributed by atoms with Gasteiger partial charge >= 0.3 is 11.9 Å². The molecule has 0 saturated heterocycles. The summed E-state index contributed by atoms with van der Waals surface area (Å²) in [6, 6.07) is 11.4. The number of hydrogen-bond donors (Lipinski definition) is 2. The van der Waals surface area contributed by atoms with Crippen molar-refractivity contribution in [3.8, 4) is 17.3 Å². The van der Waals surface area contributed by atoms with Crippen LogP contribution >= 0.6 is 0 Å². The fourth-order valence-electron chi connectivity index (χ4n) is 7.96. The highest BCUT2D eigenvalue weighted by atomic mass is 16.6. The number of carbonyl (C=O) groups excluding carboxylic acids is 3. The van der Waals surface area contributed by atoms with Crippen LogP contribution in [0, 0.1) is 13.8 Å². The molecule has 3 aliphatic rings. The van der Waals surface area contributed by atoms with E-state index in [0.29, 0.717) is 22.2 Å². The summed E-state index contributed by atoms with van der Waals surface area (Å²) < 4.78 is 12.9. The number of hydrogen-bond acceptors (Lipinski definition) is 9. The third kappa shape index (κ3) is 2.87. The van der Waals surface area contributed by atoms with E-state index in [9.17, 15) is 34.2 Å². The second-order valence-electron chi connectivity index (χ2n) is 11.8. The minimum Gasteiger partial charge on any atom is -0.507 e. The third-order valence-electron chi connectivity index (χ3n) is 9.46. The summed E-state index contributed by atoms with van der Waals surface area (Å²) in [6.45, 7) is 4.07. The van der Waals surface area contributed by atoms with Crippen molar-refractivity contribution in [2.24, 2.45) is 0 Å². The number of pyridine rings is 1. The number of fused-ring (bicyclic) bond motifs is 4. The van der Waals surface area contributed by atoms with Crippen LogP contribution in [0.25, 0.3) is 27.2 Å². The van der Waals surface area contributed by atoms with E-state index in [2.05, 4.69) is 0 Å². The van der Waals surface area contributed by atoms with Gasteiger partial charge in [0.1, 0.15) is 24.0 Å². The molecule has 0 saturated carbocycles. The Morgan fingerprint density at radius 2 is 1.68 bits per heavy atom. The summed E-state index contributed by atoms with van der Waals surface area (Å²) >= 11 is 0. The van der Waals surface area contributed by atoms with Crippen molar-refractivity contribution >= 4 is 39.3 Å². The number of ether oxygens (including phenoxy) is 2. The van der Waals surface area contributed by atoms with E-state index in [1.165, 1.54) is 29.8 Å². The van der Waals surface area contributed by atoms with Crippen molar-refractivity contribution in [1.29, 1.82) is 0 Å². The molecular weight excluding hydrogens is 566 g/mol. The zero-order valence-electron chi connectivity index (χ0n) is 23.7. The van der Waals surface area contributed by atoms with Gasteiger partial charge in [0, 0.05) is 40.7 Å². The quantitative estimate of drug-likeness (QED) is 0.294. The van der Waals surface area contributed by atoms with Crippen molar-refractivity contribution in [3.05, 3.63) is 108 Å². The molecule has 10 heteroatoms. The Morgan fingerprint density at radius 1 is 0.955 bits per heavy atom. The van der Waals surface area contributed by atoms with Gasteiger partial charge in [0.2, 0.25) is 5.88 Å². The van der Waals surface area contributed by atoms with Crippen LogP contribution in [0.1, 0.15) is 61.4 Å². The second kappa shape index (κ2) is 8.31. The van der Waals surface area contributed by atoms with E-state index in [4.69, 9.17) is 9.47 Å². The van der Waals surface area contributed by atoms with Gasteiger partial charge in [0.15, 0.2) is 16.6 Å². The topological polar surface area (TPSA) is 149 Å². The third-order valence-corrected chi connectivity index (χ3v) is 9.46. The monoisotopic (exact) mass is 589 g/mol. The Labute approximate surface area is 248 Å². The predicted octanol–water partition coefficient (Wildman–Crippen LogP) is 3.65. The molecule has 2 N–H and O–H groups in total. The fraction of sp³-hybridized carbons (Fsp3) is 0.206. The largest absolute Gasteiger partial charge is 0.507 e. The summed E-state index contributed by atoms with van der Waals surface area (Å²) in [5.41, 5.74) is -1.01. The lowest BCUT2D eigenvalue weighted by Crippen LogP contribution is -2.55. The standard InChI is InChI=1S/C34H23NO9/c1-13-9-18(37)23-22-17(11-35(32(23)41)16-7-5-4-6-8-16)29(39)28-25(20(13)22)26-30(40)21-14(2)10-19(38)24-27(21)34(28,12-43-33(24)42)31(26)44-15(3)36/h4-11,26,31,38,41H,12H2,1-3H3/t26-,31-,34-/m0/s1. The highest BCUT2D eigenvalue weighted by Crippen LogP contribution is 2.61. The molecular formula is C34H23NO9. The summed E-state index contributed by atoms with van der Waals surface area (Å²) in [6.07, 6.45) is 0.167. The first-order chi connectivity index (χ1) is 21.0. The van der Waals surface area contributed by atoms with E-state index in [-0.39, 0.29) is 49.9 Å². The summed E-state index contributed by atoms with van der Waals surface area (Å²) in [7, 11) is 0. The van der Waals surface area contributed by atoms with Gasteiger partial charge in [0.25, 0.3) is 0 Å². The van der Waals surface area contributed by atoms with Gasteiger partial charge in [-0.25, -0.2) is 4.79 Å². The van der Waals surface area contributed by atoms with Crippen LogP contribution in [0.5, 0.6) is 11.6 Å². The molecule has 1 aromatic heterocycles. The van der Waals surface area contributed by atoms with Crippen LogP contribution in [0.3, 0.4) is 0 Å². The normalized spacial score (nSPS) is 21.3. The van der Waals surface area contributed by atoms with Gasteiger partial charge in [-0.05, 0) is 65.8 Å². The van der Waals surface area contributed by atoms with Crippen molar-refractivity contribution in [2.75, 3.05) is 6.61 Å². The van der Waals surface area contributed by atoms with Crippen molar-refractivity contribution in [1.82, 2.24) is 4.57 Å². The zero-order chi connectivity index (χ0) is 31.0. The number of benzene rings is 4. The number of nitrogens with zero attached hydrogens (tertiary/aromatic N) is 1. The van der Waals surface area contributed by atoms with E-state index in [1.807, 2.05) is 0 Å². The molecule has 0 radical (unpaired) electrons. The maximum absolute atomic E-state index is 14.9. The predicted molar refractivity (Wildman–Crippen MR) is 157 cm³/mol. The number of Topliss-reactive ketones (excluding diaryl/α,β-unsaturated/α-hetero) is 1. The molecule has 2 bridgehead atoms. The van der Waals surface area contributed by atoms with Gasteiger partial charge < -0.3 is 19.7 Å². The molecule has 0 fully saturated rings. The van der Waals surface area contributed by atoms with Crippen molar-refractivity contribution < 1.29 is 34.1 Å². The number of ketones is 1. The maximum atomic E-state index is 14.9. The number of cyclic esters (lactones) is 1. The smallest absolute Gasteiger partial charge is 0.342 e. The van der Waals surface area contributed by atoms with Crippen molar-refractivity contribution in [2.45, 2.75) is 38.2 Å². The van der Waals surface area contributed by atoms with Crippen LogP contribution in [0.2, 0.25) is 0 Å². The lowest BCUT2D eigenvalue weighted by Gasteiger charge is -2.44. The van der Waals surface area contributed by atoms with E-state index < -0.39 is 58.4 Å². The molecule has 0 unspecified atom stereocenters. The zero-order valence-corrected chi connectivity index (χ0v) is 23.7. The SMILES string of the molecule is CC(=O)O[C@H]1[C@@H]2C(=O)c3c(C)cc(O)c4c3[C@@]1(COC4=O)c1c2c2c(C)cc(=O)c3c(O)n(-c4ccccc4)cc(c1=O)c23. The van der Waals surface area contributed by atoms with E-state index >= 15 is 0 Å². The van der Waals surface area contributed by atoms with Gasteiger partial charge in [0.05, 0.1) is 16.7 Å². The number of aryl methyl sites for hydroxylation is 2. The van der Waals surface area contributed by atoms with Gasteiger partial charge in [-0.3, -0.25) is 23.7 Å². The van der Waals surface area contributed by atoms with Crippen molar-refractivity contribution in [3.63, 3.8) is 0 Å². The number of phenols is 1. The van der Waals surface area contributed by atoms with Crippen LogP contribution < -0.4 is 10.9 Å². The Bertz CT molecular complexity index is 2320. The second-order valence-corrected chi connectivity index (χ2v) is 11.8. The Balaban J connectivity index is 1.64. The fourth-order valence-corrected chi connectivity index (χ4v) is 7.96. The average molecular weight is 590 g/mol. The van der Waals surface area contributed by atoms with E-state index in [1.54, 1.807) is 44.2 Å². The molecule has 5 aromatic rings. The number of phenolic OH excluding ortho intramolecular Hbond substituents is 1. The summed E-state index contributed by atoms with van der Waals surface area (Å²) in [5, 5.41) is 23.0. The Kier molecular flexibility index (Phi) is 4.94. The molecule has 8 rings (SSSR count). The molecule has 3 atom stereocenters. The van der Waals surface area contributed by atoms with Gasteiger partial charge in [-0.1, -0.05) is 18.2 Å². The first kappa shape index (κ1) is 26.1. The first-order valence-electron chi connectivity index (χ1n) is 14.0. The first-order valence-corrected chi connectivity index (χ1v) is 14.0. The number of aromatic hydroxyl groups is 2. The molecule has 44 heavy (non-hydrogen) atoms. The number of aromatic nitrogens is 1. The number of esters is 2. The molecule has 1 aliphatic heterocycles. The molecule has 0 amide bonds. The molecule has 2 aliphatic carbocycles. The summed E-state index contributed by atoms with van der Waals surface area (Å²) in [5.74, 6) is -4.05. The number of para-hydroxylation sites is 1. The lowest BCUT2D eigenvalue weighted by atomic mass is 9.63. The average Bonchev–Trinajstić information content (AvgIpc) is 3.18. The highest BCUT2D eigenvalue weighted by Gasteiger charge is 2.67. The number of rotatable bonds is 2. The molecule has 1 spiro atoms. The lowest BCUT2D eigenvalue weighted by molar-refractivity contribution is -0.150. The molecule has 4 aromatic carbocycles. The van der Waals surface area contributed by atoms with Crippen LogP contribution in [0.15, 0.2) is 58.3 Å². The van der Waals surface area contributed by atoms with Gasteiger partial charge in [-0.2, -0.15) is 0 Å². The molecule has 10 nitrogen and oxygen atoms in total. The van der Waals surface area contributed by atoms with E-state index in [0.717, 1.165) is 0 Å². The Morgan fingerprint density at radius 3 is 2.39 bits per heavy atom. The van der Waals surface area contributed by atoms with Crippen LogP contribution in [0.4, 0.5) is 0 Å². The minimum atomic E-state index is -1.62. The molecule has 2 heterocycles. The minimum absolute atomic E-state index is 0.0871. The van der Waals surface area contributed by atoms with Gasteiger partial charge in [-0.15, -0.1) is 0 Å². The maximum Gasteiger partial charge on any atom is 0.342 e. The Hall–Kier alpha value is -5.51. The molecule has 218 valence electrons.